The smallest absolute Gasteiger partial charge is 0.296 e. The summed E-state index contributed by atoms with van der Waals surface area (Å²) < 4.78 is 4.90. The van der Waals surface area contributed by atoms with Crippen LogP contribution in [0.3, 0.4) is 0 Å². The molecule has 0 aliphatic heterocycles. The van der Waals surface area contributed by atoms with Crippen LogP contribution in [-0.4, -0.2) is 16.7 Å². The van der Waals surface area contributed by atoms with Gasteiger partial charge in [-0.1, -0.05) is 6.07 Å². The first-order valence-corrected chi connectivity index (χ1v) is 5.89. The van der Waals surface area contributed by atoms with Crippen molar-refractivity contribution < 1.29 is 14.0 Å². The normalized spacial score (nSPS) is 11.9. The van der Waals surface area contributed by atoms with Crippen LogP contribution in [0, 0.1) is 6.92 Å². The zero-order valence-electron chi connectivity index (χ0n) is 10.7. The van der Waals surface area contributed by atoms with E-state index in [-0.39, 0.29) is 11.8 Å². The molecule has 0 spiro atoms. The molecular weight excluding hydrogens is 244 g/mol. The minimum absolute atomic E-state index is 0.0340. The number of hydrogen-bond acceptors (Lipinski definition) is 4. The Kier molecular flexibility index (Phi) is 3.75. The second-order valence-corrected chi connectivity index (χ2v) is 4.23. The lowest BCUT2D eigenvalue weighted by Gasteiger charge is -2.12. The maximum Gasteiger partial charge on any atom is 0.296 e. The predicted octanol–water partition coefficient (Wildman–Crippen LogP) is 2.04. The lowest BCUT2D eigenvalue weighted by atomic mass is 10.1. The van der Waals surface area contributed by atoms with Crippen LogP contribution in [-0.2, 0) is 4.79 Å². The van der Waals surface area contributed by atoms with Crippen molar-refractivity contribution in [2.45, 2.75) is 19.9 Å². The number of Topliss-reactive ketones (excluding diaryl/α,β-unsaturated/α-hetero) is 1. The number of ketones is 1. The lowest BCUT2D eigenvalue weighted by molar-refractivity contribution is -0.117. The number of carbonyl (C=O) groups is 2. The summed E-state index contributed by atoms with van der Waals surface area (Å²) in [7, 11) is 0. The van der Waals surface area contributed by atoms with E-state index in [0.717, 1.165) is 11.3 Å². The van der Waals surface area contributed by atoms with Gasteiger partial charge in [-0.15, -0.1) is 0 Å². The fourth-order valence-corrected chi connectivity index (χ4v) is 1.60. The van der Waals surface area contributed by atoms with Crippen LogP contribution in [0.1, 0.15) is 34.8 Å². The Balaban J connectivity index is 2.02. The average molecular weight is 258 g/mol. The first-order chi connectivity index (χ1) is 9.08. The van der Waals surface area contributed by atoms with Gasteiger partial charge in [0.2, 0.25) is 0 Å². The molecule has 0 radical (unpaired) electrons. The van der Waals surface area contributed by atoms with Gasteiger partial charge in [0.1, 0.15) is 0 Å². The van der Waals surface area contributed by atoms with Crippen LogP contribution in [0.15, 0.2) is 41.1 Å². The second kappa shape index (κ2) is 5.48. The van der Waals surface area contributed by atoms with Gasteiger partial charge in [0.15, 0.2) is 5.76 Å². The van der Waals surface area contributed by atoms with Crippen LogP contribution in [0.2, 0.25) is 0 Å². The van der Waals surface area contributed by atoms with Crippen LogP contribution in [0.4, 0.5) is 0 Å². The average Bonchev–Trinajstić information content (AvgIpc) is 2.92. The van der Waals surface area contributed by atoms with Gasteiger partial charge in [0.05, 0.1) is 12.3 Å². The van der Waals surface area contributed by atoms with Crippen LogP contribution in [0.5, 0.6) is 0 Å². The minimum atomic E-state index is -0.692. The van der Waals surface area contributed by atoms with Crippen molar-refractivity contribution in [1.29, 1.82) is 0 Å². The number of hydrogen-bond donors (Lipinski definition) is 1. The van der Waals surface area contributed by atoms with Gasteiger partial charge in [-0.05, 0) is 37.6 Å². The molecule has 19 heavy (non-hydrogen) atoms. The molecular formula is C14H14N2O3. The summed E-state index contributed by atoms with van der Waals surface area (Å²) in [6, 6.07) is 6.45. The number of pyridine rings is 1. The topological polar surface area (TPSA) is 72.2 Å². The highest BCUT2D eigenvalue weighted by Crippen LogP contribution is 2.11. The maximum atomic E-state index is 11.8. The number of nitrogens with zero attached hydrogens (tertiary/aromatic N) is 1. The molecule has 0 bridgehead atoms. The molecule has 1 atom stereocenters. The van der Waals surface area contributed by atoms with Crippen molar-refractivity contribution in [2.75, 3.05) is 0 Å². The first-order valence-electron chi connectivity index (χ1n) is 5.89. The number of aromatic nitrogens is 1. The van der Waals surface area contributed by atoms with Gasteiger partial charge in [0, 0.05) is 11.9 Å². The maximum absolute atomic E-state index is 11.8. The highest BCUT2D eigenvalue weighted by molar-refractivity contribution is 6.42. The molecule has 5 nitrogen and oxygen atoms in total. The van der Waals surface area contributed by atoms with Crippen LogP contribution < -0.4 is 5.32 Å². The number of furan rings is 1. The predicted molar refractivity (Wildman–Crippen MR) is 68.6 cm³/mol. The van der Waals surface area contributed by atoms with Crippen LogP contribution in [0.25, 0.3) is 0 Å². The molecule has 5 heteroatoms. The van der Waals surface area contributed by atoms with Crippen LogP contribution >= 0.6 is 0 Å². The molecule has 98 valence electrons. The van der Waals surface area contributed by atoms with Gasteiger partial charge in [0.25, 0.3) is 11.7 Å². The van der Waals surface area contributed by atoms with Gasteiger partial charge in [-0.3, -0.25) is 14.6 Å². The SMILES string of the molecule is Cc1ccc([C@@H](C)NC(=O)C(=O)c2ccco2)cn1. The van der Waals surface area contributed by atoms with Crippen molar-refractivity contribution in [2.24, 2.45) is 0 Å². The van der Waals surface area contributed by atoms with E-state index in [1.54, 1.807) is 19.2 Å². The molecule has 0 saturated carbocycles. The molecule has 2 heterocycles. The highest BCUT2D eigenvalue weighted by atomic mass is 16.3. The summed E-state index contributed by atoms with van der Waals surface area (Å²) in [6.07, 6.45) is 3.03. The van der Waals surface area contributed by atoms with Crippen molar-refractivity contribution in [3.05, 3.63) is 53.7 Å². The summed E-state index contributed by atoms with van der Waals surface area (Å²) in [5, 5.41) is 2.62. The molecule has 0 unspecified atom stereocenters. The summed E-state index contributed by atoms with van der Waals surface area (Å²) in [4.78, 5) is 27.6. The second-order valence-electron chi connectivity index (χ2n) is 4.23. The Morgan fingerprint density at radius 3 is 2.68 bits per heavy atom. The van der Waals surface area contributed by atoms with Crippen molar-refractivity contribution in [3.63, 3.8) is 0 Å². The molecule has 1 N–H and O–H groups in total. The molecule has 0 aromatic carbocycles. The van der Waals surface area contributed by atoms with Crippen molar-refractivity contribution in [1.82, 2.24) is 10.3 Å². The fourth-order valence-electron chi connectivity index (χ4n) is 1.60. The van der Waals surface area contributed by atoms with Crippen molar-refractivity contribution in [3.8, 4) is 0 Å². The number of carbonyl (C=O) groups excluding carboxylic acids is 2. The van der Waals surface area contributed by atoms with Gasteiger partial charge in [-0.2, -0.15) is 0 Å². The van der Waals surface area contributed by atoms with E-state index in [0.29, 0.717) is 0 Å². The zero-order chi connectivity index (χ0) is 13.8. The third kappa shape index (κ3) is 3.07. The molecule has 2 aromatic heterocycles. The zero-order valence-corrected chi connectivity index (χ0v) is 10.7. The molecule has 0 aliphatic carbocycles. The van der Waals surface area contributed by atoms with Gasteiger partial charge < -0.3 is 9.73 Å². The summed E-state index contributed by atoms with van der Waals surface area (Å²) >= 11 is 0. The highest BCUT2D eigenvalue weighted by Gasteiger charge is 2.20. The van der Waals surface area contributed by atoms with E-state index in [4.69, 9.17) is 4.42 Å². The molecule has 1 amide bonds. The quantitative estimate of drug-likeness (QED) is 0.673. The number of nitrogens with one attached hydrogen (secondary N) is 1. The van der Waals surface area contributed by atoms with Gasteiger partial charge in [-0.25, -0.2) is 0 Å². The van der Waals surface area contributed by atoms with E-state index < -0.39 is 11.7 Å². The van der Waals surface area contributed by atoms with E-state index in [1.165, 1.54) is 12.3 Å². The standard InChI is InChI=1S/C14H14N2O3/c1-9-5-6-11(8-15-9)10(2)16-14(18)13(17)12-4-3-7-19-12/h3-8,10H,1-2H3,(H,16,18)/t10-/m1/s1. The third-order valence-corrected chi connectivity index (χ3v) is 2.73. The Labute approximate surface area is 110 Å². The van der Waals surface area contributed by atoms with Gasteiger partial charge >= 0.3 is 0 Å². The lowest BCUT2D eigenvalue weighted by Crippen LogP contribution is -2.33. The Bertz CT molecular complexity index is 573. The van der Waals surface area contributed by atoms with E-state index in [9.17, 15) is 9.59 Å². The Morgan fingerprint density at radius 2 is 2.11 bits per heavy atom. The van der Waals surface area contributed by atoms with E-state index >= 15 is 0 Å². The number of amides is 1. The molecule has 0 saturated heterocycles. The third-order valence-electron chi connectivity index (χ3n) is 2.73. The molecule has 2 rings (SSSR count). The van der Waals surface area contributed by atoms with E-state index in [2.05, 4.69) is 10.3 Å². The molecule has 0 aliphatic rings. The number of rotatable bonds is 4. The van der Waals surface area contributed by atoms with Crippen molar-refractivity contribution >= 4 is 11.7 Å². The Hall–Kier alpha value is -2.43. The summed E-state index contributed by atoms with van der Waals surface area (Å²) in [5.41, 5.74) is 1.74. The monoisotopic (exact) mass is 258 g/mol. The first kappa shape index (κ1) is 13.0. The number of aryl methyl sites for hydroxylation is 1. The van der Waals surface area contributed by atoms with E-state index in [1.807, 2.05) is 19.1 Å². The minimum Gasteiger partial charge on any atom is -0.461 e. The fraction of sp³-hybridized carbons (Fsp3) is 0.214. The molecule has 2 aromatic rings. The Morgan fingerprint density at radius 1 is 1.32 bits per heavy atom. The summed E-state index contributed by atoms with van der Waals surface area (Å²) in [6.45, 7) is 3.67. The summed E-state index contributed by atoms with van der Waals surface area (Å²) in [5.74, 6) is -1.34. The largest absolute Gasteiger partial charge is 0.461 e. The molecule has 0 fully saturated rings.